The van der Waals surface area contributed by atoms with Gasteiger partial charge in [0.1, 0.15) is 5.75 Å². The molecule has 31 heavy (non-hydrogen) atoms. The quantitative estimate of drug-likeness (QED) is 0.468. The first kappa shape index (κ1) is 22.9. The third kappa shape index (κ3) is 6.13. The summed E-state index contributed by atoms with van der Waals surface area (Å²) < 4.78 is 33.3. The third-order valence-corrected chi connectivity index (χ3v) is 6.21. The van der Waals surface area contributed by atoms with E-state index in [0.29, 0.717) is 16.5 Å². The number of carbonyl (C=O) groups is 1. The van der Waals surface area contributed by atoms with E-state index >= 15 is 0 Å². The lowest BCUT2D eigenvalue weighted by Gasteiger charge is -2.15. The van der Waals surface area contributed by atoms with E-state index in [1.807, 2.05) is 25.1 Å². The molecular weight excluding hydrogens is 459 g/mol. The number of anilines is 2. The number of sulfonamides is 1. The molecule has 3 rings (SSSR count). The Morgan fingerprint density at radius 1 is 1.00 bits per heavy atom. The predicted octanol–water partition coefficient (Wildman–Crippen LogP) is 5.51. The van der Waals surface area contributed by atoms with Crippen LogP contribution >= 0.6 is 23.2 Å². The average molecular weight is 479 g/mol. The molecule has 9 heteroatoms. The highest BCUT2D eigenvalue weighted by Crippen LogP contribution is 2.28. The van der Waals surface area contributed by atoms with Crippen LogP contribution in [0, 0.1) is 6.92 Å². The van der Waals surface area contributed by atoms with Crippen LogP contribution in [0.2, 0.25) is 10.0 Å². The molecule has 0 radical (unpaired) electrons. The summed E-state index contributed by atoms with van der Waals surface area (Å²) in [4.78, 5) is 12.4. The van der Waals surface area contributed by atoms with E-state index in [4.69, 9.17) is 27.9 Å². The van der Waals surface area contributed by atoms with Crippen LogP contribution in [0.1, 0.15) is 12.5 Å². The number of halogens is 2. The molecule has 0 saturated heterocycles. The highest BCUT2D eigenvalue weighted by atomic mass is 35.5. The van der Waals surface area contributed by atoms with Crippen molar-refractivity contribution in [3.8, 4) is 5.75 Å². The molecule has 2 N–H and O–H groups in total. The Morgan fingerprint density at radius 2 is 1.71 bits per heavy atom. The van der Waals surface area contributed by atoms with Gasteiger partial charge in [0, 0.05) is 10.7 Å². The van der Waals surface area contributed by atoms with E-state index in [2.05, 4.69) is 10.0 Å². The van der Waals surface area contributed by atoms with Gasteiger partial charge in [-0.1, -0.05) is 35.3 Å². The molecule has 0 aliphatic carbocycles. The van der Waals surface area contributed by atoms with Crippen molar-refractivity contribution in [1.29, 1.82) is 0 Å². The van der Waals surface area contributed by atoms with Gasteiger partial charge in [-0.25, -0.2) is 8.42 Å². The van der Waals surface area contributed by atoms with Crippen molar-refractivity contribution < 1.29 is 17.9 Å². The van der Waals surface area contributed by atoms with Crippen molar-refractivity contribution in [3.05, 3.63) is 82.3 Å². The van der Waals surface area contributed by atoms with Gasteiger partial charge in [0.15, 0.2) is 6.10 Å². The Balaban J connectivity index is 1.65. The molecule has 0 aliphatic rings. The van der Waals surface area contributed by atoms with Crippen molar-refractivity contribution in [1.82, 2.24) is 0 Å². The zero-order valence-corrected chi connectivity index (χ0v) is 19.1. The maximum Gasteiger partial charge on any atom is 0.265 e. The van der Waals surface area contributed by atoms with Gasteiger partial charge in [0.05, 0.1) is 15.6 Å². The first-order valence-corrected chi connectivity index (χ1v) is 11.5. The van der Waals surface area contributed by atoms with Gasteiger partial charge in [-0.2, -0.15) is 0 Å². The highest BCUT2D eigenvalue weighted by Gasteiger charge is 2.18. The van der Waals surface area contributed by atoms with Crippen molar-refractivity contribution >= 4 is 50.5 Å². The standard InChI is InChI=1S/C22H20Cl2N2O4S/c1-14-4-3-5-18(12-14)30-15(2)22(27)25-17-7-9-19(10-8-17)31(28,29)26-21-11-6-16(23)13-20(21)24/h3-13,15,26H,1-2H3,(H,25,27)/t15-/m0/s1. The Morgan fingerprint density at radius 3 is 2.35 bits per heavy atom. The fourth-order valence-electron chi connectivity index (χ4n) is 2.68. The van der Waals surface area contributed by atoms with E-state index in [1.54, 1.807) is 13.0 Å². The number of amides is 1. The van der Waals surface area contributed by atoms with Gasteiger partial charge in [0.2, 0.25) is 0 Å². The molecule has 0 bridgehead atoms. The fraction of sp³-hybridized carbons (Fsp3) is 0.136. The first-order chi connectivity index (χ1) is 14.6. The van der Waals surface area contributed by atoms with Crippen LogP contribution in [-0.2, 0) is 14.8 Å². The average Bonchev–Trinajstić information content (AvgIpc) is 2.70. The van der Waals surface area contributed by atoms with Gasteiger partial charge in [-0.05, 0) is 74.0 Å². The number of ether oxygens (including phenoxy) is 1. The summed E-state index contributed by atoms with van der Waals surface area (Å²) in [6, 6.07) is 17.6. The van der Waals surface area contributed by atoms with Gasteiger partial charge in [-0.15, -0.1) is 0 Å². The van der Waals surface area contributed by atoms with Gasteiger partial charge in [-0.3, -0.25) is 9.52 Å². The van der Waals surface area contributed by atoms with Crippen molar-refractivity contribution in [2.75, 3.05) is 10.0 Å². The topological polar surface area (TPSA) is 84.5 Å². The molecule has 3 aromatic rings. The molecule has 0 spiro atoms. The lowest BCUT2D eigenvalue weighted by atomic mass is 10.2. The monoisotopic (exact) mass is 478 g/mol. The van der Waals surface area contributed by atoms with E-state index < -0.39 is 16.1 Å². The smallest absolute Gasteiger partial charge is 0.265 e. The van der Waals surface area contributed by atoms with Crippen molar-refractivity contribution in [2.45, 2.75) is 24.8 Å². The molecule has 0 unspecified atom stereocenters. The number of carbonyl (C=O) groups excluding carboxylic acids is 1. The van der Waals surface area contributed by atoms with Gasteiger partial charge >= 0.3 is 0 Å². The van der Waals surface area contributed by atoms with Crippen LogP contribution in [0.4, 0.5) is 11.4 Å². The molecule has 0 aromatic heterocycles. The lowest BCUT2D eigenvalue weighted by Crippen LogP contribution is -2.30. The van der Waals surface area contributed by atoms with Crippen LogP contribution in [0.15, 0.2) is 71.6 Å². The minimum absolute atomic E-state index is 0.0144. The van der Waals surface area contributed by atoms with Crippen LogP contribution in [-0.4, -0.2) is 20.4 Å². The summed E-state index contributed by atoms with van der Waals surface area (Å²) in [7, 11) is -3.87. The van der Waals surface area contributed by atoms with E-state index in [9.17, 15) is 13.2 Å². The van der Waals surface area contributed by atoms with E-state index in [-0.39, 0.29) is 21.5 Å². The molecule has 1 amide bonds. The van der Waals surface area contributed by atoms with Crippen molar-refractivity contribution in [3.63, 3.8) is 0 Å². The second-order valence-electron chi connectivity index (χ2n) is 6.82. The van der Waals surface area contributed by atoms with Crippen LogP contribution in [0.3, 0.4) is 0 Å². The second-order valence-corrected chi connectivity index (χ2v) is 9.35. The summed E-state index contributed by atoms with van der Waals surface area (Å²) in [5.41, 5.74) is 1.68. The Bertz CT molecular complexity index is 1200. The Labute approximate surface area is 191 Å². The van der Waals surface area contributed by atoms with Crippen LogP contribution in [0.5, 0.6) is 5.75 Å². The number of rotatable bonds is 7. The fourth-order valence-corrected chi connectivity index (χ4v) is 4.28. The number of hydrogen-bond acceptors (Lipinski definition) is 4. The predicted molar refractivity (Wildman–Crippen MR) is 124 cm³/mol. The SMILES string of the molecule is Cc1cccc(O[C@@H](C)C(=O)Nc2ccc(S(=O)(=O)Nc3ccc(Cl)cc3Cl)cc2)c1. The third-order valence-electron chi connectivity index (χ3n) is 4.28. The summed E-state index contributed by atoms with van der Waals surface area (Å²) >= 11 is 11.9. The van der Waals surface area contributed by atoms with Crippen LogP contribution < -0.4 is 14.8 Å². The number of benzene rings is 3. The molecule has 6 nitrogen and oxygen atoms in total. The number of hydrogen-bond donors (Lipinski definition) is 2. The van der Waals surface area contributed by atoms with E-state index in [0.717, 1.165) is 5.56 Å². The normalized spacial score (nSPS) is 12.1. The number of nitrogens with one attached hydrogen (secondary N) is 2. The molecular formula is C22H20Cl2N2O4S. The first-order valence-electron chi connectivity index (χ1n) is 9.26. The van der Waals surface area contributed by atoms with Crippen molar-refractivity contribution in [2.24, 2.45) is 0 Å². The molecule has 162 valence electrons. The Hall–Kier alpha value is -2.74. The molecule has 3 aromatic carbocycles. The zero-order valence-electron chi connectivity index (χ0n) is 16.7. The zero-order chi connectivity index (χ0) is 22.6. The maximum atomic E-state index is 12.6. The summed E-state index contributed by atoms with van der Waals surface area (Å²) in [6.07, 6.45) is -0.737. The Kier molecular flexibility index (Phi) is 7.10. The van der Waals surface area contributed by atoms with E-state index in [1.165, 1.54) is 42.5 Å². The largest absolute Gasteiger partial charge is 0.481 e. The second kappa shape index (κ2) is 9.60. The lowest BCUT2D eigenvalue weighted by molar-refractivity contribution is -0.122. The molecule has 0 aliphatic heterocycles. The summed E-state index contributed by atoms with van der Waals surface area (Å²) in [6.45, 7) is 3.57. The molecule has 1 atom stereocenters. The van der Waals surface area contributed by atoms with Gasteiger partial charge < -0.3 is 10.1 Å². The number of aryl methyl sites for hydroxylation is 1. The maximum absolute atomic E-state index is 12.6. The molecule has 0 heterocycles. The molecule has 0 fully saturated rings. The molecule has 0 saturated carbocycles. The summed E-state index contributed by atoms with van der Waals surface area (Å²) in [5.74, 6) is 0.235. The highest BCUT2D eigenvalue weighted by molar-refractivity contribution is 7.92. The minimum atomic E-state index is -3.87. The van der Waals surface area contributed by atoms with Gasteiger partial charge in [0.25, 0.3) is 15.9 Å². The minimum Gasteiger partial charge on any atom is -0.481 e. The van der Waals surface area contributed by atoms with Crippen LogP contribution in [0.25, 0.3) is 0 Å². The summed E-state index contributed by atoms with van der Waals surface area (Å²) in [5, 5.41) is 3.29.